The van der Waals surface area contributed by atoms with Crippen LogP contribution in [0.3, 0.4) is 0 Å². The fourth-order valence-corrected chi connectivity index (χ4v) is 1.99. The largest absolute Gasteiger partial charge is 0.497 e. The highest BCUT2D eigenvalue weighted by Gasteiger charge is 2.26. The smallest absolute Gasteiger partial charge is 0.261 e. The van der Waals surface area contributed by atoms with E-state index in [-0.39, 0.29) is 12.0 Å². The van der Waals surface area contributed by atoms with Crippen LogP contribution < -0.4 is 14.8 Å². The van der Waals surface area contributed by atoms with Crippen molar-refractivity contribution in [1.29, 1.82) is 0 Å². The molecular formula is C11H12BrNO3. The van der Waals surface area contributed by atoms with Gasteiger partial charge in [-0.25, -0.2) is 0 Å². The van der Waals surface area contributed by atoms with Gasteiger partial charge in [0.25, 0.3) is 5.91 Å². The number of amides is 1. The van der Waals surface area contributed by atoms with Gasteiger partial charge in [-0.3, -0.25) is 4.79 Å². The van der Waals surface area contributed by atoms with Gasteiger partial charge in [0.05, 0.1) is 11.6 Å². The number of carbonyl (C=O) groups is 1. The lowest BCUT2D eigenvalue weighted by Crippen LogP contribution is -2.27. The summed E-state index contributed by atoms with van der Waals surface area (Å²) >= 11 is 3.38. The Morgan fingerprint density at radius 3 is 2.88 bits per heavy atom. The zero-order chi connectivity index (χ0) is 11.5. The normalized spacial score (nSPS) is 19.4. The Labute approximate surface area is 102 Å². The fourth-order valence-electron chi connectivity index (χ4n) is 1.54. The molecule has 0 saturated carbocycles. The zero-order valence-corrected chi connectivity index (χ0v) is 10.4. The number of benzene rings is 1. The predicted molar refractivity (Wildman–Crippen MR) is 62.7 cm³/mol. The number of methoxy groups -OCH3 is 1. The number of hydrogen-bond acceptors (Lipinski definition) is 3. The Balaban J connectivity index is 2.12. The number of rotatable bonds is 3. The molecule has 1 aromatic carbocycles. The Morgan fingerprint density at radius 2 is 2.31 bits per heavy atom. The molecule has 1 saturated heterocycles. The number of ether oxygens (including phenoxy) is 2. The first kappa shape index (κ1) is 11.3. The first-order chi connectivity index (χ1) is 7.70. The predicted octanol–water partition coefficient (Wildman–Crippen LogP) is 1.72. The van der Waals surface area contributed by atoms with Crippen LogP contribution >= 0.6 is 15.9 Å². The minimum absolute atomic E-state index is 0.0530. The third-order valence-electron chi connectivity index (χ3n) is 2.41. The maximum atomic E-state index is 11.3. The molecule has 0 spiro atoms. The summed E-state index contributed by atoms with van der Waals surface area (Å²) in [5.74, 6) is 1.35. The molecule has 2 rings (SSSR count). The molecule has 5 heteroatoms. The van der Waals surface area contributed by atoms with E-state index >= 15 is 0 Å². The van der Waals surface area contributed by atoms with Gasteiger partial charge < -0.3 is 14.8 Å². The van der Waals surface area contributed by atoms with Gasteiger partial charge in [0.2, 0.25) is 0 Å². The molecule has 0 aliphatic carbocycles. The molecule has 16 heavy (non-hydrogen) atoms. The van der Waals surface area contributed by atoms with E-state index < -0.39 is 0 Å². The van der Waals surface area contributed by atoms with Crippen molar-refractivity contribution in [3.63, 3.8) is 0 Å². The summed E-state index contributed by atoms with van der Waals surface area (Å²) in [7, 11) is 1.60. The Morgan fingerprint density at radius 1 is 1.50 bits per heavy atom. The van der Waals surface area contributed by atoms with Crippen molar-refractivity contribution < 1.29 is 14.3 Å². The number of nitrogens with one attached hydrogen (secondary N) is 1. The molecule has 1 aliphatic heterocycles. The lowest BCUT2D eigenvalue weighted by molar-refractivity contribution is -0.124. The summed E-state index contributed by atoms with van der Waals surface area (Å²) in [6.45, 7) is 0.678. The molecule has 1 amide bonds. The van der Waals surface area contributed by atoms with Crippen molar-refractivity contribution in [2.75, 3.05) is 13.7 Å². The number of hydrogen-bond donors (Lipinski definition) is 1. The van der Waals surface area contributed by atoms with E-state index in [1.165, 1.54) is 0 Å². The highest BCUT2D eigenvalue weighted by molar-refractivity contribution is 9.10. The zero-order valence-electron chi connectivity index (χ0n) is 8.83. The lowest BCUT2D eigenvalue weighted by atomic mass is 10.3. The number of halogens is 1. The second kappa shape index (κ2) is 4.74. The monoisotopic (exact) mass is 285 g/mol. The summed E-state index contributed by atoms with van der Waals surface area (Å²) in [4.78, 5) is 11.3. The Bertz CT molecular complexity index is 408. The molecule has 1 aliphatic rings. The van der Waals surface area contributed by atoms with Gasteiger partial charge in [-0.05, 0) is 34.1 Å². The molecule has 0 radical (unpaired) electrons. The Kier molecular flexibility index (Phi) is 3.33. The molecule has 1 N–H and O–H groups in total. The molecule has 1 heterocycles. The van der Waals surface area contributed by atoms with Crippen LogP contribution in [0.15, 0.2) is 22.7 Å². The average molecular weight is 286 g/mol. The van der Waals surface area contributed by atoms with Crippen LogP contribution in [0.1, 0.15) is 6.42 Å². The van der Waals surface area contributed by atoms with E-state index in [1.54, 1.807) is 19.2 Å². The van der Waals surface area contributed by atoms with Crippen LogP contribution in [0, 0.1) is 0 Å². The first-order valence-electron chi connectivity index (χ1n) is 4.98. The molecule has 0 bridgehead atoms. The molecule has 1 aromatic rings. The van der Waals surface area contributed by atoms with Crippen LogP contribution in [-0.2, 0) is 4.79 Å². The third kappa shape index (κ3) is 2.29. The molecule has 0 aromatic heterocycles. The van der Waals surface area contributed by atoms with Crippen molar-refractivity contribution in [1.82, 2.24) is 5.32 Å². The van der Waals surface area contributed by atoms with Crippen LogP contribution in [0.25, 0.3) is 0 Å². The summed E-state index contributed by atoms with van der Waals surface area (Å²) in [5, 5.41) is 2.73. The third-order valence-corrected chi connectivity index (χ3v) is 3.03. The lowest BCUT2D eigenvalue weighted by Gasteiger charge is -2.13. The van der Waals surface area contributed by atoms with Crippen molar-refractivity contribution in [2.24, 2.45) is 0 Å². The van der Waals surface area contributed by atoms with Gasteiger partial charge in [0, 0.05) is 13.0 Å². The quantitative estimate of drug-likeness (QED) is 0.920. The molecule has 4 nitrogen and oxygen atoms in total. The van der Waals surface area contributed by atoms with Gasteiger partial charge in [0.1, 0.15) is 11.5 Å². The van der Waals surface area contributed by atoms with Crippen LogP contribution in [0.2, 0.25) is 0 Å². The van der Waals surface area contributed by atoms with Gasteiger partial charge in [-0.15, -0.1) is 0 Å². The van der Waals surface area contributed by atoms with E-state index in [2.05, 4.69) is 21.2 Å². The van der Waals surface area contributed by atoms with Crippen LogP contribution in [-0.4, -0.2) is 25.7 Å². The van der Waals surface area contributed by atoms with Crippen molar-refractivity contribution in [3.05, 3.63) is 22.7 Å². The molecule has 86 valence electrons. The second-order valence-electron chi connectivity index (χ2n) is 3.48. The van der Waals surface area contributed by atoms with E-state index in [4.69, 9.17) is 9.47 Å². The molecule has 1 fully saturated rings. The Hall–Kier alpha value is -1.23. The minimum Gasteiger partial charge on any atom is -0.497 e. The van der Waals surface area contributed by atoms with E-state index in [9.17, 15) is 4.79 Å². The van der Waals surface area contributed by atoms with Gasteiger partial charge >= 0.3 is 0 Å². The van der Waals surface area contributed by atoms with Crippen molar-refractivity contribution in [2.45, 2.75) is 12.5 Å². The van der Waals surface area contributed by atoms with E-state index in [0.29, 0.717) is 18.7 Å². The summed E-state index contributed by atoms with van der Waals surface area (Å²) in [6, 6.07) is 5.39. The minimum atomic E-state index is -0.385. The van der Waals surface area contributed by atoms with Gasteiger partial charge in [-0.2, -0.15) is 0 Å². The average Bonchev–Trinajstić information content (AvgIpc) is 2.67. The van der Waals surface area contributed by atoms with Crippen molar-refractivity contribution >= 4 is 21.8 Å². The maximum absolute atomic E-state index is 11.3. The topological polar surface area (TPSA) is 47.6 Å². The SMILES string of the molecule is COc1ccc(OC2CCNC2=O)c(Br)c1. The number of carbonyl (C=O) groups excluding carboxylic acids is 1. The van der Waals surface area contributed by atoms with Crippen LogP contribution in [0.4, 0.5) is 0 Å². The molecule has 1 atom stereocenters. The van der Waals surface area contributed by atoms with E-state index in [0.717, 1.165) is 10.2 Å². The maximum Gasteiger partial charge on any atom is 0.261 e. The molecular weight excluding hydrogens is 274 g/mol. The van der Waals surface area contributed by atoms with E-state index in [1.807, 2.05) is 6.07 Å². The summed E-state index contributed by atoms with van der Waals surface area (Å²) in [5.41, 5.74) is 0. The first-order valence-corrected chi connectivity index (χ1v) is 5.78. The van der Waals surface area contributed by atoms with Crippen molar-refractivity contribution in [3.8, 4) is 11.5 Å². The standard InChI is InChI=1S/C11H12BrNO3/c1-15-7-2-3-9(8(12)6-7)16-10-4-5-13-11(10)14/h2-3,6,10H,4-5H2,1H3,(H,13,14). The highest BCUT2D eigenvalue weighted by Crippen LogP contribution is 2.30. The summed E-state index contributed by atoms with van der Waals surface area (Å²) < 4.78 is 11.5. The fraction of sp³-hybridized carbons (Fsp3) is 0.364. The highest BCUT2D eigenvalue weighted by atomic mass is 79.9. The summed E-state index contributed by atoms with van der Waals surface area (Å²) in [6.07, 6.45) is 0.321. The second-order valence-corrected chi connectivity index (χ2v) is 4.34. The van der Waals surface area contributed by atoms with Gasteiger partial charge in [0.15, 0.2) is 6.10 Å². The molecule has 1 unspecified atom stereocenters. The van der Waals surface area contributed by atoms with Crippen LogP contribution in [0.5, 0.6) is 11.5 Å². The van der Waals surface area contributed by atoms with Gasteiger partial charge in [-0.1, -0.05) is 0 Å².